The number of hydrogen-bond acceptors (Lipinski definition) is 4. The zero-order valence-electron chi connectivity index (χ0n) is 14.2. The second-order valence-corrected chi connectivity index (χ2v) is 6.28. The number of benzene rings is 2. The van der Waals surface area contributed by atoms with Crippen molar-refractivity contribution in [1.82, 2.24) is 10.2 Å². The van der Waals surface area contributed by atoms with E-state index in [0.717, 1.165) is 5.69 Å². The first kappa shape index (κ1) is 16.6. The number of anilines is 2. The highest BCUT2D eigenvalue weighted by molar-refractivity contribution is 6.36. The van der Waals surface area contributed by atoms with Crippen LogP contribution in [0, 0.1) is 12.7 Å². The summed E-state index contributed by atoms with van der Waals surface area (Å²) in [5.41, 5.74) is 4.00. The molecule has 0 aliphatic carbocycles. The molecule has 0 saturated heterocycles. The summed E-state index contributed by atoms with van der Waals surface area (Å²) in [6.45, 7) is 4.06. The molecule has 3 aromatic rings. The van der Waals surface area contributed by atoms with Crippen LogP contribution in [-0.2, 0) is 0 Å². The number of nitrogens with zero attached hydrogens (tertiary/aromatic N) is 2. The number of H-pyrrole nitrogens is 1. The fourth-order valence-corrected chi connectivity index (χ4v) is 3.15. The van der Waals surface area contributed by atoms with E-state index in [1.54, 1.807) is 12.1 Å². The third-order valence-electron chi connectivity index (χ3n) is 4.15. The second-order valence-electron chi connectivity index (χ2n) is 5.87. The SMILES string of the molecule is CCOc1cc2c(cc1F)C(c1ccccc1Cl)=Nc1c(n[nH]c1C)N2. The number of hydrogen-bond donors (Lipinski definition) is 2. The lowest BCUT2D eigenvalue weighted by Crippen LogP contribution is -2.08. The van der Waals surface area contributed by atoms with Gasteiger partial charge in [0.15, 0.2) is 17.4 Å². The van der Waals surface area contributed by atoms with Gasteiger partial charge in [0.2, 0.25) is 0 Å². The molecule has 0 amide bonds. The highest BCUT2D eigenvalue weighted by Gasteiger charge is 2.24. The van der Waals surface area contributed by atoms with E-state index in [9.17, 15) is 4.39 Å². The number of aryl methyl sites for hydroxylation is 1. The molecule has 2 N–H and O–H groups in total. The van der Waals surface area contributed by atoms with Crippen LogP contribution >= 0.6 is 11.6 Å². The lowest BCUT2D eigenvalue weighted by molar-refractivity contribution is 0.322. The Morgan fingerprint density at radius 3 is 2.77 bits per heavy atom. The maximum absolute atomic E-state index is 14.6. The Morgan fingerprint density at radius 2 is 2.00 bits per heavy atom. The molecule has 0 bridgehead atoms. The van der Waals surface area contributed by atoms with E-state index in [0.29, 0.717) is 45.7 Å². The van der Waals surface area contributed by atoms with Crippen LogP contribution in [0.1, 0.15) is 23.7 Å². The molecule has 0 unspecified atom stereocenters. The van der Waals surface area contributed by atoms with Gasteiger partial charge in [0, 0.05) is 22.2 Å². The average molecular weight is 371 g/mol. The quantitative estimate of drug-likeness (QED) is 0.525. The number of aliphatic imine (C=N–C) groups is 1. The van der Waals surface area contributed by atoms with Crippen LogP contribution in [0.3, 0.4) is 0 Å². The van der Waals surface area contributed by atoms with Gasteiger partial charge in [-0.1, -0.05) is 29.8 Å². The lowest BCUT2D eigenvalue weighted by atomic mass is 10.00. The zero-order chi connectivity index (χ0) is 18.3. The van der Waals surface area contributed by atoms with Gasteiger partial charge in [0.05, 0.1) is 23.7 Å². The molecule has 2 heterocycles. The Balaban J connectivity index is 2.00. The molecule has 26 heavy (non-hydrogen) atoms. The van der Waals surface area contributed by atoms with Crippen molar-refractivity contribution in [1.29, 1.82) is 0 Å². The minimum atomic E-state index is -0.454. The molecule has 0 spiro atoms. The zero-order valence-corrected chi connectivity index (χ0v) is 15.0. The van der Waals surface area contributed by atoms with Crippen LogP contribution in [0.4, 0.5) is 21.6 Å². The van der Waals surface area contributed by atoms with Gasteiger partial charge in [-0.05, 0) is 26.0 Å². The lowest BCUT2D eigenvalue weighted by Gasteiger charge is -2.14. The average Bonchev–Trinajstić information content (AvgIpc) is 2.87. The van der Waals surface area contributed by atoms with Crippen LogP contribution in [0.5, 0.6) is 5.75 Å². The molecule has 7 heteroatoms. The number of nitrogens with one attached hydrogen (secondary N) is 2. The van der Waals surface area contributed by atoms with E-state index >= 15 is 0 Å². The summed E-state index contributed by atoms with van der Waals surface area (Å²) < 4.78 is 20.0. The fourth-order valence-electron chi connectivity index (χ4n) is 2.92. The normalized spacial score (nSPS) is 12.5. The summed E-state index contributed by atoms with van der Waals surface area (Å²) in [4.78, 5) is 4.76. The van der Waals surface area contributed by atoms with Gasteiger partial charge >= 0.3 is 0 Å². The number of aromatic nitrogens is 2. The molecule has 1 aliphatic rings. The van der Waals surface area contributed by atoms with E-state index in [-0.39, 0.29) is 5.75 Å². The molecular weight excluding hydrogens is 355 g/mol. The highest BCUT2D eigenvalue weighted by atomic mass is 35.5. The monoisotopic (exact) mass is 370 g/mol. The first-order valence-corrected chi connectivity index (χ1v) is 8.58. The minimum Gasteiger partial charge on any atom is -0.491 e. The number of halogens is 2. The van der Waals surface area contributed by atoms with Crippen molar-refractivity contribution in [3.8, 4) is 5.75 Å². The second kappa shape index (κ2) is 6.46. The molecule has 132 valence electrons. The molecule has 0 atom stereocenters. The van der Waals surface area contributed by atoms with Crippen LogP contribution in [0.2, 0.25) is 5.02 Å². The van der Waals surface area contributed by atoms with Crippen molar-refractivity contribution in [2.75, 3.05) is 11.9 Å². The molecule has 5 nitrogen and oxygen atoms in total. The predicted molar refractivity (Wildman–Crippen MR) is 101 cm³/mol. The van der Waals surface area contributed by atoms with Gasteiger partial charge in [-0.15, -0.1) is 0 Å². The summed E-state index contributed by atoms with van der Waals surface area (Å²) in [5.74, 6) is 0.290. The van der Waals surface area contributed by atoms with E-state index in [2.05, 4.69) is 15.5 Å². The van der Waals surface area contributed by atoms with Crippen molar-refractivity contribution in [3.05, 3.63) is 64.1 Å². The minimum absolute atomic E-state index is 0.174. The van der Waals surface area contributed by atoms with E-state index in [4.69, 9.17) is 21.3 Å². The predicted octanol–water partition coefficient (Wildman–Crippen LogP) is 5.14. The van der Waals surface area contributed by atoms with E-state index in [1.165, 1.54) is 6.07 Å². The van der Waals surface area contributed by atoms with Crippen LogP contribution < -0.4 is 10.1 Å². The van der Waals surface area contributed by atoms with Gasteiger partial charge in [0.1, 0.15) is 5.69 Å². The summed E-state index contributed by atoms with van der Waals surface area (Å²) in [6.07, 6.45) is 0. The Kier molecular flexibility index (Phi) is 4.12. The standard InChI is InChI=1S/C19H16ClFN4O/c1-3-26-16-9-15-12(8-14(16)21)18(11-6-4-5-7-13(11)20)23-17-10(2)24-25-19(17)22-15/h4-9H,3H2,1-2H3,(H2,22,24,25). The van der Waals surface area contributed by atoms with Gasteiger partial charge < -0.3 is 10.1 Å². The van der Waals surface area contributed by atoms with Crippen LogP contribution in [-0.4, -0.2) is 22.5 Å². The molecule has 0 radical (unpaired) electrons. The summed E-state index contributed by atoms with van der Waals surface area (Å²) in [7, 11) is 0. The number of ether oxygens (including phenoxy) is 1. The van der Waals surface area contributed by atoms with E-state index < -0.39 is 5.82 Å². The topological polar surface area (TPSA) is 62.3 Å². The molecule has 1 aliphatic heterocycles. The number of rotatable bonds is 3. The summed E-state index contributed by atoms with van der Waals surface area (Å²) in [6, 6.07) is 10.4. The smallest absolute Gasteiger partial charge is 0.178 e. The molecular formula is C19H16ClFN4O. The van der Waals surface area contributed by atoms with Gasteiger partial charge in [-0.2, -0.15) is 5.10 Å². The Hall–Kier alpha value is -2.86. The third kappa shape index (κ3) is 2.72. The Labute approximate surface area is 154 Å². The maximum atomic E-state index is 14.6. The van der Waals surface area contributed by atoms with Crippen molar-refractivity contribution in [2.24, 2.45) is 4.99 Å². The van der Waals surface area contributed by atoms with E-state index in [1.807, 2.05) is 32.0 Å². The largest absolute Gasteiger partial charge is 0.491 e. The summed E-state index contributed by atoms with van der Waals surface area (Å²) in [5, 5.41) is 10.9. The molecule has 0 fully saturated rings. The van der Waals surface area contributed by atoms with Crippen molar-refractivity contribution in [2.45, 2.75) is 13.8 Å². The number of fused-ring (bicyclic) bond motifs is 2. The summed E-state index contributed by atoms with van der Waals surface area (Å²) >= 11 is 6.40. The third-order valence-corrected chi connectivity index (χ3v) is 4.48. The molecule has 4 rings (SSSR count). The first-order chi connectivity index (χ1) is 12.6. The Morgan fingerprint density at radius 1 is 1.19 bits per heavy atom. The highest BCUT2D eigenvalue weighted by Crippen LogP contribution is 2.39. The number of aromatic amines is 1. The fraction of sp³-hybridized carbons (Fsp3) is 0.158. The molecule has 2 aromatic carbocycles. The Bertz CT molecular complexity index is 1030. The van der Waals surface area contributed by atoms with Gasteiger partial charge in [-0.3, -0.25) is 5.10 Å². The molecule has 0 saturated carbocycles. The maximum Gasteiger partial charge on any atom is 0.178 e. The molecule has 1 aromatic heterocycles. The van der Waals surface area contributed by atoms with Crippen molar-refractivity contribution < 1.29 is 9.13 Å². The van der Waals surface area contributed by atoms with Gasteiger partial charge in [0.25, 0.3) is 0 Å². The van der Waals surface area contributed by atoms with Crippen molar-refractivity contribution >= 4 is 34.5 Å². The first-order valence-electron chi connectivity index (χ1n) is 8.20. The van der Waals surface area contributed by atoms with Crippen molar-refractivity contribution in [3.63, 3.8) is 0 Å². The van der Waals surface area contributed by atoms with Crippen LogP contribution in [0.25, 0.3) is 0 Å². The van der Waals surface area contributed by atoms with Crippen LogP contribution in [0.15, 0.2) is 41.4 Å². The van der Waals surface area contributed by atoms with Gasteiger partial charge in [-0.25, -0.2) is 9.38 Å².